The average Bonchev–Trinajstić information content (AvgIpc) is 2.33. The van der Waals surface area contributed by atoms with E-state index < -0.39 is 0 Å². The fraction of sp³-hybridized carbons (Fsp3) is 0.538. The molecule has 0 heterocycles. The van der Waals surface area contributed by atoms with Crippen LogP contribution in [0.3, 0.4) is 0 Å². The fourth-order valence-corrected chi connectivity index (χ4v) is 2.33. The third-order valence-electron chi connectivity index (χ3n) is 2.79. The number of hydrogen-bond donors (Lipinski definition) is 1. The van der Waals surface area contributed by atoms with Crippen molar-refractivity contribution in [1.82, 2.24) is 5.32 Å². The third-order valence-corrected chi connectivity index (χ3v) is 4.36. The smallest absolute Gasteiger partial charge is 0.0542 e. The highest BCUT2D eigenvalue weighted by atomic mass is 127. The van der Waals surface area contributed by atoms with Gasteiger partial charge in [0.2, 0.25) is 0 Å². The summed E-state index contributed by atoms with van der Waals surface area (Å²) in [4.78, 5) is 0. The van der Waals surface area contributed by atoms with Gasteiger partial charge in [0.15, 0.2) is 0 Å². The predicted molar refractivity (Wildman–Crippen MR) is 81.7 cm³/mol. The second-order valence-corrected chi connectivity index (χ2v) is 5.57. The van der Waals surface area contributed by atoms with Crippen molar-refractivity contribution in [3.63, 3.8) is 0 Å². The molecule has 0 fully saturated rings. The van der Waals surface area contributed by atoms with E-state index in [1.165, 1.54) is 5.56 Å². The maximum Gasteiger partial charge on any atom is 0.0542 e. The molecule has 17 heavy (non-hydrogen) atoms. The molecule has 0 amide bonds. The molecule has 0 aliphatic carbocycles. The van der Waals surface area contributed by atoms with Gasteiger partial charge in [-0.1, -0.05) is 17.7 Å². The molecule has 0 saturated carbocycles. The molecule has 4 heteroatoms. The van der Waals surface area contributed by atoms with Crippen LogP contribution in [0.2, 0.25) is 5.02 Å². The van der Waals surface area contributed by atoms with Gasteiger partial charge in [-0.05, 0) is 66.6 Å². The van der Waals surface area contributed by atoms with Crippen molar-refractivity contribution in [2.45, 2.75) is 25.3 Å². The van der Waals surface area contributed by atoms with Gasteiger partial charge < -0.3 is 10.1 Å². The highest BCUT2D eigenvalue weighted by Crippen LogP contribution is 2.25. The highest BCUT2D eigenvalue weighted by Gasteiger charge is 2.10. The van der Waals surface area contributed by atoms with Gasteiger partial charge in [-0.15, -0.1) is 0 Å². The van der Waals surface area contributed by atoms with Gasteiger partial charge in [0, 0.05) is 23.3 Å². The maximum atomic E-state index is 6.14. The zero-order chi connectivity index (χ0) is 12.7. The molecule has 1 atom stereocenters. The number of ether oxygens (including phenoxy) is 1. The molecule has 0 radical (unpaired) electrons. The Labute approximate surface area is 122 Å². The van der Waals surface area contributed by atoms with E-state index in [-0.39, 0.29) is 0 Å². The topological polar surface area (TPSA) is 21.3 Å². The molecule has 1 aromatic carbocycles. The van der Waals surface area contributed by atoms with E-state index in [9.17, 15) is 0 Å². The summed E-state index contributed by atoms with van der Waals surface area (Å²) in [5, 5.41) is 4.17. The summed E-state index contributed by atoms with van der Waals surface area (Å²) < 4.78 is 6.15. The molecule has 0 saturated heterocycles. The number of hydrogen-bond acceptors (Lipinski definition) is 2. The molecule has 0 bridgehead atoms. The van der Waals surface area contributed by atoms with Crippen LogP contribution in [0.15, 0.2) is 18.2 Å². The van der Waals surface area contributed by atoms with Gasteiger partial charge in [0.05, 0.1) is 5.02 Å². The Bertz CT molecular complexity index is 346. The van der Waals surface area contributed by atoms with Crippen LogP contribution in [0.1, 0.15) is 30.9 Å². The van der Waals surface area contributed by atoms with Crippen molar-refractivity contribution >= 4 is 34.2 Å². The van der Waals surface area contributed by atoms with Crippen molar-refractivity contribution in [2.24, 2.45) is 0 Å². The molecular weight excluding hydrogens is 349 g/mol. The Kier molecular flexibility index (Phi) is 7.43. The van der Waals surface area contributed by atoms with Crippen molar-refractivity contribution in [3.8, 4) is 0 Å². The first kappa shape index (κ1) is 15.2. The van der Waals surface area contributed by atoms with Crippen LogP contribution in [-0.2, 0) is 4.74 Å². The van der Waals surface area contributed by atoms with Crippen molar-refractivity contribution in [3.05, 3.63) is 32.4 Å². The van der Waals surface area contributed by atoms with Crippen LogP contribution in [0.4, 0.5) is 0 Å². The van der Waals surface area contributed by atoms with Crippen molar-refractivity contribution in [2.75, 3.05) is 20.8 Å². The van der Waals surface area contributed by atoms with E-state index in [0.29, 0.717) is 6.04 Å². The number of rotatable bonds is 7. The van der Waals surface area contributed by atoms with E-state index in [4.69, 9.17) is 16.3 Å². The van der Waals surface area contributed by atoms with Crippen LogP contribution >= 0.6 is 34.2 Å². The Balaban J connectivity index is 2.56. The molecule has 1 unspecified atom stereocenters. The van der Waals surface area contributed by atoms with Gasteiger partial charge in [-0.25, -0.2) is 0 Å². The molecule has 96 valence electrons. The quantitative estimate of drug-likeness (QED) is 0.580. The number of unbranched alkanes of at least 4 members (excludes halogenated alkanes) is 1. The molecule has 2 nitrogen and oxygen atoms in total. The first-order valence-electron chi connectivity index (χ1n) is 5.80. The lowest BCUT2D eigenvalue weighted by Gasteiger charge is -2.17. The molecule has 0 aliphatic heterocycles. The van der Waals surface area contributed by atoms with Crippen LogP contribution < -0.4 is 5.32 Å². The Morgan fingerprint density at radius 3 is 2.76 bits per heavy atom. The average molecular weight is 368 g/mol. The number of halogens is 2. The minimum atomic E-state index is 0.376. The SMILES string of the molecule is CNC(CCCCOC)c1ccc(I)c(Cl)c1. The molecule has 1 aromatic rings. The Morgan fingerprint density at radius 1 is 1.41 bits per heavy atom. The van der Waals surface area contributed by atoms with Gasteiger partial charge in [-0.3, -0.25) is 0 Å². The van der Waals surface area contributed by atoms with Gasteiger partial charge in [0.25, 0.3) is 0 Å². The molecule has 1 N–H and O–H groups in total. The first-order valence-corrected chi connectivity index (χ1v) is 7.26. The highest BCUT2D eigenvalue weighted by molar-refractivity contribution is 14.1. The van der Waals surface area contributed by atoms with E-state index in [2.05, 4.69) is 46.1 Å². The first-order chi connectivity index (χ1) is 8.19. The maximum absolute atomic E-state index is 6.14. The lowest BCUT2D eigenvalue weighted by atomic mass is 10.0. The van der Waals surface area contributed by atoms with Gasteiger partial charge in [0.1, 0.15) is 0 Å². The zero-order valence-corrected chi connectivity index (χ0v) is 13.2. The largest absolute Gasteiger partial charge is 0.385 e. The van der Waals surface area contributed by atoms with Gasteiger partial charge in [-0.2, -0.15) is 0 Å². The second kappa shape index (κ2) is 8.29. The van der Waals surface area contributed by atoms with Crippen LogP contribution in [-0.4, -0.2) is 20.8 Å². The molecule has 0 aliphatic rings. The summed E-state index contributed by atoms with van der Waals surface area (Å²) in [5.41, 5.74) is 1.26. The minimum Gasteiger partial charge on any atom is -0.385 e. The monoisotopic (exact) mass is 367 g/mol. The third kappa shape index (κ3) is 5.12. The standard InChI is InChI=1S/C13H19ClINO/c1-16-13(5-3-4-8-17-2)10-6-7-12(15)11(14)9-10/h6-7,9,13,16H,3-5,8H2,1-2H3. The van der Waals surface area contributed by atoms with E-state index in [1.807, 2.05) is 7.05 Å². The summed E-state index contributed by atoms with van der Waals surface area (Å²) >= 11 is 8.39. The summed E-state index contributed by atoms with van der Waals surface area (Å²) in [6.45, 7) is 0.837. The van der Waals surface area contributed by atoms with Crippen molar-refractivity contribution in [1.29, 1.82) is 0 Å². The molecule has 0 aromatic heterocycles. The van der Waals surface area contributed by atoms with Crippen LogP contribution in [0.25, 0.3) is 0 Å². The van der Waals surface area contributed by atoms with Gasteiger partial charge >= 0.3 is 0 Å². The summed E-state index contributed by atoms with van der Waals surface area (Å²) in [7, 11) is 3.74. The van der Waals surface area contributed by atoms with E-state index in [0.717, 1.165) is 34.5 Å². The molecule has 0 spiro atoms. The summed E-state index contributed by atoms with van der Waals surface area (Å²) in [6, 6.07) is 6.64. The van der Waals surface area contributed by atoms with Crippen LogP contribution in [0.5, 0.6) is 0 Å². The lowest BCUT2D eigenvalue weighted by Crippen LogP contribution is -2.16. The normalized spacial score (nSPS) is 12.7. The van der Waals surface area contributed by atoms with E-state index in [1.54, 1.807) is 7.11 Å². The minimum absolute atomic E-state index is 0.376. The second-order valence-electron chi connectivity index (χ2n) is 4.00. The molecule has 1 rings (SSSR count). The summed E-state index contributed by atoms with van der Waals surface area (Å²) in [5.74, 6) is 0. The number of benzene rings is 1. The fourth-order valence-electron chi connectivity index (χ4n) is 1.80. The van der Waals surface area contributed by atoms with Crippen molar-refractivity contribution < 1.29 is 4.74 Å². The lowest BCUT2D eigenvalue weighted by molar-refractivity contribution is 0.191. The Hall–Kier alpha value is 0.160. The van der Waals surface area contributed by atoms with E-state index >= 15 is 0 Å². The molecular formula is C13H19ClINO. The number of nitrogens with one attached hydrogen (secondary N) is 1. The predicted octanol–water partition coefficient (Wildman–Crippen LogP) is 4.02. The zero-order valence-electron chi connectivity index (χ0n) is 10.3. The number of methoxy groups -OCH3 is 1. The van der Waals surface area contributed by atoms with Crippen LogP contribution in [0, 0.1) is 3.57 Å². The Morgan fingerprint density at radius 2 is 2.18 bits per heavy atom. The summed E-state index contributed by atoms with van der Waals surface area (Å²) in [6.07, 6.45) is 3.37.